The second-order valence-electron chi connectivity index (χ2n) is 7.38. The number of hydrogen-bond donors (Lipinski definition) is 3. The minimum atomic E-state index is -1.26. The predicted molar refractivity (Wildman–Crippen MR) is 106 cm³/mol. The Morgan fingerprint density at radius 1 is 1.23 bits per heavy atom. The van der Waals surface area contributed by atoms with Crippen molar-refractivity contribution in [3.05, 3.63) is 65.5 Å². The van der Waals surface area contributed by atoms with Crippen LogP contribution >= 0.6 is 0 Å². The van der Waals surface area contributed by atoms with E-state index in [2.05, 4.69) is 10.7 Å². The molecule has 0 aromatic heterocycles. The van der Waals surface area contributed by atoms with E-state index in [4.69, 9.17) is 4.74 Å². The van der Waals surface area contributed by atoms with Crippen LogP contribution in [-0.4, -0.2) is 43.6 Å². The highest BCUT2D eigenvalue weighted by molar-refractivity contribution is 6.08. The molecule has 2 aromatic rings. The van der Waals surface area contributed by atoms with Crippen molar-refractivity contribution in [1.82, 2.24) is 15.8 Å². The molecule has 9 heteroatoms. The lowest BCUT2D eigenvalue weighted by molar-refractivity contribution is -0.885. The third-order valence-corrected chi connectivity index (χ3v) is 4.96. The fraction of sp³-hybridized carbons (Fsp3) is 0.286. The largest absolute Gasteiger partial charge is 0.494 e. The van der Waals surface area contributed by atoms with Gasteiger partial charge in [0.2, 0.25) is 0 Å². The Morgan fingerprint density at radius 2 is 1.93 bits per heavy atom. The number of imide groups is 1. The van der Waals surface area contributed by atoms with Gasteiger partial charge in [0.1, 0.15) is 12.1 Å². The molecule has 2 atom stereocenters. The van der Waals surface area contributed by atoms with Gasteiger partial charge in [0.25, 0.3) is 11.8 Å². The molecule has 1 aliphatic heterocycles. The summed E-state index contributed by atoms with van der Waals surface area (Å²) in [7, 11) is 3.14. The molecule has 0 saturated carbocycles. The van der Waals surface area contributed by atoms with Crippen molar-refractivity contribution in [3.8, 4) is 5.75 Å². The highest BCUT2D eigenvalue weighted by Gasteiger charge is 2.50. The van der Waals surface area contributed by atoms with Crippen molar-refractivity contribution in [3.63, 3.8) is 0 Å². The summed E-state index contributed by atoms with van der Waals surface area (Å²) in [5.41, 5.74) is 2.41. The van der Waals surface area contributed by atoms with Crippen LogP contribution in [-0.2, 0) is 21.7 Å². The number of carbonyl (C=O) groups excluding carboxylic acids is 3. The van der Waals surface area contributed by atoms with Crippen LogP contribution in [0.1, 0.15) is 18.1 Å². The third kappa shape index (κ3) is 4.25. The maximum atomic E-state index is 13.8. The first-order chi connectivity index (χ1) is 14.2. The number of hydrogen-bond acceptors (Lipinski definition) is 4. The Morgan fingerprint density at radius 3 is 2.57 bits per heavy atom. The topological polar surface area (TPSA) is 92.2 Å². The van der Waals surface area contributed by atoms with Crippen LogP contribution in [0, 0.1) is 5.82 Å². The van der Waals surface area contributed by atoms with Gasteiger partial charge in [0.05, 0.1) is 14.2 Å². The minimum absolute atomic E-state index is 0.0211. The van der Waals surface area contributed by atoms with Crippen molar-refractivity contribution in [2.75, 3.05) is 20.7 Å². The van der Waals surface area contributed by atoms with Crippen molar-refractivity contribution in [2.24, 2.45) is 0 Å². The number of carbonyl (C=O) groups is 3. The van der Waals surface area contributed by atoms with Gasteiger partial charge >= 0.3 is 6.03 Å². The van der Waals surface area contributed by atoms with Crippen LogP contribution in [0.15, 0.2) is 48.5 Å². The molecule has 1 aliphatic rings. The molecule has 1 unspecified atom stereocenters. The zero-order chi connectivity index (χ0) is 21.9. The molecule has 0 bridgehead atoms. The number of methoxy groups -OCH3 is 1. The molecule has 0 spiro atoms. The number of rotatable bonds is 7. The van der Waals surface area contributed by atoms with Gasteiger partial charge in [0, 0.05) is 5.56 Å². The van der Waals surface area contributed by atoms with Crippen LogP contribution in [0.5, 0.6) is 5.75 Å². The highest BCUT2D eigenvalue weighted by atomic mass is 19.1. The Labute approximate surface area is 173 Å². The van der Waals surface area contributed by atoms with E-state index in [1.807, 2.05) is 0 Å². The Balaban J connectivity index is 1.61. The van der Waals surface area contributed by atoms with E-state index in [-0.39, 0.29) is 12.3 Å². The number of nitrogens with one attached hydrogen (secondary N) is 3. The van der Waals surface area contributed by atoms with Crippen molar-refractivity contribution in [2.45, 2.75) is 19.0 Å². The maximum absolute atomic E-state index is 13.8. The molecule has 1 saturated heterocycles. The van der Waals surface area contributed by atoms with Gasteiger partial charge in [-0.1, -0.05) is 30.3 Å². The fourth-order valence-electron chi connectivity index (χ4n) is 3.38. The standard InChI is InChI=1S/C21H23FN4O4/c1-21(15-7-5-4-6-8-15)19(28)26(20(29)23-21)24-18(27)13-25(2)12-14-9-10-17(30-3)16(22)11-14/h4-11H,12-13H2,1-3H3,(H,23,29)(H,24,27)/p+1/t21-/m0/s1. The van der Waals surface area contributed by atoms with Gasteiger partial charge < -0.3 is 15.0 Å². The lowest BCUT2D eigenvalue weighted by Gasteiger charge is -2.22. The molecule has 1 heterocycles. The Hall–Kier alpha value is -3.46. The molecular formula is C21H24FN4O4+. The molecule has 4 amide bonds. The van der Waals surface area contributed by atoms with Gasteiger partial charge in [-0.3, -0.25) is 15.0 Å². The number of halogens is 1. The van der Waals surface area contributed by atoms with E-state index in [1.165, 1.54) is 19.2 Å². The third-order valence-electron chi connectivity index (χ3n) is 4.96. The number of quaternary nitrogens is 1. The van der Waals surface area contributed by atoms with Crippen LogP contribution in [0.4, 0.5) is 9.18 Å². The molecule has 30 heavy (non-hydrogen) atoms. The number of benzene rings is 2. The average Bonchev–Trinajstić information content (AvgIpc) is 2.92. The zero-order valence-corrected chi connectivity index (χ0v) is 17.0. The lowest BCUT2D eigenvalue weighted by atomic mass is 9.92. The van der Waals surface area contributed by atoms with Gasteiger partial charge in [0.15, 0.2) is 18.1 Å². The quantitative estimate of drug-likeness (QED) is 0.569. The summed E-state index contributed by atoms with van der Waals surface area (Å²) in [6.45, 7) is 1.94. The molecular weight excluding hydrogens is 391 g/mol. The van der Waals surface area contributed by atoms with Crippen LogP contribution in [0.2, 0.25) is 0 Å². The first-order valence-electron chi connectivity index (χ1n) is 9.40. The van der Waals surface area contributed by atoms with E-state index < -0.39 is 29.2 Å². The number of ether oxygens (including phenoxy) is 1. The Bertz CT molecular complexity index is 969. The molecule has 8 nitrogen and oxygen atoms in total. The van der Waals surface area contributed by atoms with E-state index >= 15 is 0 Å². The van der Waals surface area contributed by atoms with Gasteiger partial charge in [-0.25, -0.2) is 9.18 Å². The zero-order valence-electron chi connectivity index (χ0n) is 17.0. The SMILES string of the molecule is COc1ccc(C[NH+](C)CC(=O)NN2C(=O)N[C@@](C)(c3ccccc3)C2=O)cc1F. The fourth-order valence-corrected chi connectivity index (χ4v) is 3.38. The lowest BCUT2D eigenvalue weighted by Crippen LogP contribution is -3.09. The summed E-state index contributed by atoms with van der Waals surface area (Å²) in [5.74, 6) is -1.41. The van der Waals surface area contributed by atoms with Crippen LogP contribution < -0.4 is 20.4 Å². The second-order valence-corrected chi connectivity index (χ2v) is 7.38. The van der Waals surface area contributed by atoms with Crippen LogP contribution in [0.3, 0.4) is 0 Å². The van der Waals surface area contributed by atoms with E-state index in [9.17, 15) is 18.8 Å². The molecule has 158 valence electrons. The van der Waals surface area contributed by atoms with Gasteiger partial charge in [-0.2, -0.15) is 5.01 Å². The van der Waals surface area contributed by atoms with Crippen molar-refractivity contribution < 1.29 is 28.4 Å². The molecule has 3 rings (SSSR count). The summed E-state index contributed by atoms with van der Waals surface area (Å²) in [6, 6.07) is 12.7. The number of hydrazine groups is 1. The van der Waals surface area contributed by atoms with Gasteiger partial charge in [-0.15, -0.1) is 0 Å². The number of amides is 4. The normalized spacial score (nSPS) is 19.4. The molecule has 0 radical (unpaired) electrons. The molecule has 3 N–H and O–H groups in total. The second kappa shape index (κ2) is 8.50. The summed E-state index contributed by atoms with van der Waals surface area (Å²) < 4.78 is 18.7. The average molecular weight is 415 g/mol. The maximum Gasteiger partial charge on any atom is 0.344 e. The molecule has 2 aromatic carbocycles. The predicted octanol–water partition coefficient (Wildman–Crippen LogP) is 0.347. The van der Waals surface area contributed by atoms with Gasteiger partial charge in [-0.05, 0) is 30.7 Å². The monoisotopic (exact) mass is 415 g/mol. The highest BCUT2D eigenvalue weighted by Crippen LogP contribution is 2.27. The number of likely N-dealkylation sites (N-methyl/N-ethyl adjacent to an activating group) is 1. The summed E-state index contributed by atoms with van der Waals surface area (Å²) in [5, 5.41) is 3.33. The van der Waals surface area contributed by atoms with Crippen LogP contribution in [0.25, 0.3) is 0 Å². The van der Waals surface area contributed by atoms with E-state index in [1.54, 1.807) is 50.4 Å². The smallest absolute Gasteiger partial charge is 0.344 e. The summed E-state index contributed by atoms with van der Waals surface area (Å²) >= 11 is 0. The Kier molecular flexibility index (Phi) is 6.02. The minimum Gasteiger partial charge on any atom is -0.494 e. The number of nitrogens with zero attached hydrogens (tertiary/aromatic N) is 1. The first kappa shape index (κ1) is 21.3. The number of urea groups is 1. The van der Waals surface area contributed by atoms with Crippen molar-refractivity contribution >= 4 is 17.8 Å². The van der Waals surface area contributed by atoms with E-state index in [0.717, 1.165) is 4.90 Å². The molecule has 0 aliphatic carbocycles. The first-order valence-corrected chi connectivity index (χ1v) is 9.40. The molecule has 1 fully saturated rings. The van der Waals surface area contributed by atoms with Crippen molar-refractivity contribution in [1.29, 1.82) is 0 Å². The van der Waals surface area contributed by atoms with E-state index in [0.29, 0.717) is 22.7 Å². The summed E-state index contributed by atoms with van der Waals surface area (Å²) in [6.07, 6.45) is 0. The summed E-state index contributed by atoms with van der Waals surface area (Å²) in [4.78, 5) is 38.3.